The maximum Gasteiger partial charge on any atom is 0.0435 e. The lowest BCUT2D eigenvalue weighted by atomic mass is 9.90. The van der Waals surface area contributed by atoms with Crippen LogP contribution in [0.15, 0.2) is 18.2 Å². The van der Waals surface area contributed by atoms with E-state index in [9.17, 15) is 0 Å². The van der Waals surface area contributed by atoms with Gasteiger partial charge in [-0.05, 0) is 42.4 Å². The molecule has 0 bridgehead atoms. The van der Waals surface area contributed by atoms with Crippen molar-refractivity contribution in [1.29, 1.82) is 0 Å². The zero-order valence-electron chi connectivity index (χ0n) is 9.56. The van der Waals surface area contributed by atoms with E-state index in [1.807, 2.05) is 6.07 Å². The van der Waals surface area contributed by atoms with Crippen LogP contribution >= 0.6 is 27.5 Å². The third-order valence-corrected chi connectivity index (χ3v) is 4.12. The fraction of sp³-hybridized carbons (Fsp3) is 0.538. The second-order valence-electron chi connectivity index (χ2n) is 4.45. The fourth-order valence-electron chi connectivity index (χ4n) is 1.60. The number of hydrogen-bond acceptors (Lipinski definition) is 0. The highest BCUT2D eigenvalue weighted by atomic mass is 79.9. The van der Waals surface area contributed by atoms with Crippen LogP contribution in [0, 0.1) is 18.8 Å². The molecule has 0 spiro atoms. The minimum Gasteiger partial charge on any atom is -0.0925 e. The summed E-state index contributed by atoms with van der Waals surface area (Å²) in [5.74, 6) is 1.41. The Balaban J connectivity index is 2.75. The van der Waals surface area contributed by atoms with E-state index < -0.39 is 0 Å². The molecule has 0 aliphatic rings. The predicted molar refractivity (Wildman–Crippen MR) is 72.0 cm³/mol. The van der Waals surface area contributed by atoms with E-state index in [2.05, 4.69) is 48.8 Å². The highest BCUT2D eigenvalue weighted by Gasteiger charge is 2.12. The molecule has 0 radical (unpaired) electrons. The second-order valence-corrected chi connectivity index (χ2v) is 5.50. The fourth-order valence-corrected chi connectivity index (χ4v) is 2.70. The van der Waals surface area contributed by atoms with Gasteiger partial charge in [0.2, 0.25) is 0 Å². The molecule has 2 heteroatoms. The van der Waals surface area contributed by atoms with Crippen molar-refractivity contribution in [2.45, 2.75) is 27.2 Å². The molecule has 0 saturated heterocycles. The molecule has 1 unspecified atom stereocenters. The third-order valence-electron chi connectivity index (χ3n) is 2.86. The second kappa shape index (κ2) is 5.91. The summed E-state index contributed by atoms with van der Waals surface area (Å²) in [6, 6.07) is 6.32. The van der Waals surface area contributed by atoms with Crippen LogP contribution in [0.2, 0.25) is 5.02 Å². The van der Waals surface area contributed by atoms with Gasteiger partial charge in [-0.3, -0.25) is 0 Å². The molecule has 15 heavy (non-hydrogen) atoms. The quantitative estimate of drug-likeness (QED) is 0.695. The highest BCUT2D eigenvalue weighted by molar-refractivity contribution is 9.09. The smallest absolute Gasteiger partial charge is 0.0435 e. The summed E-state index contributed by atoms with van der Waals surface area (Å²) in [7, 11) is 0. The predicted octanol–water partition coefficient (Wildman–Crippen LogP) is 4.86. The van der Waals surface area contributed by atoms with Crippen LogP contribution in [0.4, 0.5) is 0 Å². The Morgan fingerprint density at radius 2 is 2.00 bits per heavy atom. The van der Waals surface area contributed by atoms with Crippen LogP contribution < -0.4 is 0 Å². The number of hydrogen-bond donors (Lipinski definition) is 0. The van der Waals surface area contributed by atoms with Gasteiger partial charge in [0.15, 0.2) is 0 Å². The standard InChI is InChI=1S/C13H18BrCl/c1-9(2)12(8-14)7-11-4-5-13(15)10(3)6-11/h4-6,9,12H,7-8H2,1-3H3. The van der Waals surface area contributed by atoms with Crippen LogP contribution in [0.1, 0.15) is 25.0 Å². The van der Waals surface area contributed by atoms with Crippen LogP contribution in [0.25, 0.3) is 0 Å². The van der Waals surface area contributed by atoms with Gasteiger partial charge in [-0.25, -0.2) is 0 Å². The first-order valence-corrected chi connectivity index (χ1v) is 6.85. The molecule has 1 aromatic carbocycles. The monoisotopic (exact) mass is 288 g/mol. The van der Waals surface area contributed by atoms with Gasteiger partial charge in [0.1, 0.15) is 0 Å². The Kier molecular flexibility index (Phi) is 5.14. The molecule has 0 N–H and O–H groups in total. The Morgan fingerprint density at radius 1 is 1.33 bits per heavy atom. The van der Waals surface area contributed by atoms with Crippen molar-refractivity contribution in [3.63, 3.8) is 0 Å². The number of benzene rings is 1. The van der Waals surface area contributed by atoms with Crippen LogP contribution in [-0.2, 0) is 6.42 Å². The van der Waals surface area contributed by atoms with E-state index in [0.717, 1.165) is 16.8 Å². The summed E-state index contributed by atoms with van der Waals surface area (Å²) in [5, 5.41) is 1.92. The van der Waals surface area contributed by atoms with Gasteiger partial charge in [-0.2, -0.15) is 0 Å². The third kappa shape index (κ3) is 3.81. The molecule has 1 rings (SSSR count). The zero-order valence-corrected chi connectivity index (χ0v) is 11.9. The van der Waals surface area contributed by atoms with Crippen molar-refractivity contribution in [3.05, 3.63) is 34.3 Å². The lowest BCUT2D eigenvalue weighted by Gasteiger charge is -2.18. The van der Waals surface area contributed by atoms with Crippen molar-refractivity contribution in [2.24, 2.45) is 11.8 Å². The minimum atomic E-state index is 0.700. The first-order chi connectivity index (χ1) is 7.04. The first kappa shape index (κ1) is 13.1. The zero-order chi connectivity index (χ0) is 11.4. The van der Waals surface area contributed by atoms with Crippen molar-refractivity contribution >= 4 is 27.5 Å². The maximum atomic E-state index is 6.00. The molecule has 0 fully saturated rings. The first-order valence-electron chi connectivity index (χ1n) is 5.35. The Bertz CT molecular complexity index is 320. The molecule has 0 aliphatic heterocycles. The molecule has 0 nitrogen and oxygen atoms in total. The molecule has 0 amide bonds. The summed E-state index contributed by atoms with van der Waals surface area (Å²) in [6.07, 6.45) is 1.13. The number of alkyl halides is 1. The summed E-state index contributed by atoms with van der Waals surface area (Å²) in [5.41, 5.74) is 2.56. The normalized spacial score (nSPS) is 13.2. The molecule has 0 heterocycles. The van der Waals surface area contributed by atoms with Crippen molar-refractivity contribution in [2.75, 3.05) is 5.33 Å². The summed E-state index contributed by atoms with van der Waals surface area (Å²) < 4.78 is 0. The Morgan fingerprint density at radius 3 is 2.47 bits per heavy atom. The number of halogens is 2. The highest BCUT2D eigenvalue weighted by Crippen LogP contribution is 2.22. The van der Waals surface area contributed by atoms with E-state index in [1.165, 1.54) is 11.1 Å². The largest absolute Gasteiger partial charge is 0.0925 e. The summed E-state index contributed by atoms with van der Waals surface area (Å²) in [4.78, 5) is 0. The van der Waals surface area contributed by atoms with Crippen LogP contribution in [-0.4, -0.2) is 5.33 Å². The average Bonchev–Trinajstić information content (AvgIpc) is 2.19. The van der Waals surface area contributed by atoms with Gasteiger partial charge in [-0.15, -0.1) is 0 Å². The van der Waals surface area contributed by atoms with Crippen molar-refractivity contribution in [3.8, 4) is 0 Å². The van der Waals surface area contributed by atoms with Gasteiger partial charge in [-0.1, -0.05) is 53.5 Å². The molecule has 1 aromatic rings. The summed E-state index contributed by atoms with van der Waals surface area (Å²) in [6.45, 7) is 6.60. The van der Waals surface area contributed by atoms with E-state index in [0.29, 0.717) is 11.8 Å². The average molecular weight is 290 g/mol. The molecule has 0 saturated carbocycles. The Labute approximate surface area is 106 Å². The summed E-state index contributed by atoms with van der Waals surface area (Å²) >= 11 is 9.59. The van der Waals surface area contributed by atoms with E-state index >= 15 is 0 Å². The molecular weight excluding hydrogens is 272 g/mol. The van der Waals surface area contributed by atoms with Gasteiger partial charge in [0.25, 0.3) is 0 Å². The van der Waals surface area contributed by atoms with Gasteiger partial charge < -0.3 is 0 Å². The topological polar surface area (TPSA) is 0 Å². The van der Waals surface area contributed by atoms with Crippen molar-refractivity contribution in [1.82, 2.24) is 0 Å². The molecule has 0 aromatic heterocycles. The van der Waals surface area contributed by atoms with Crippen LogP contribution in [0.5, 0.6) is 0 Å². The van der Waals surface area contributed by atoms with Gasteiger partial charge in [0.05, 0.1) is 0 Å². The number of rotatable bonds is 4. The number of aryl methyl sites for hydroxylation is 1. The maximum absolute atomic E-state index is 6.00. The lowest BCUT2D eigenvalue weighted by Crippen LogP contribution is -2.13. The van der Waals surface area contributed by atoms with E-state index in [4.69, 9.17) is 11.6 Å². The Hall–Kier alpha value is -0.0100. The van der Waals surface area contributed by atoms with Crippen LogP contribution in [0.3, 0.4) is 0 Å². The molecular formula is C13H18BrCl. The molecule has 84 valence electrons. The SMILES string of the molecule is Cc1cc(CC(CBr)C(C)C)ccc1Cl. The van der Waals surface area contributed by atoms with Gasteiger partial charge in [0, 0.05) is 10.4 Å². The molecule has 1 atom stereocenters. The minimum absolute atomic E-state index is 0.700. The molecule has 0 aliphatic carbocycles. The van der Waals surface area contributed by atoms with E-state index in [-0.39, 0.29) is 0 Å². The van der Waals surface area contributed by atoms with Crippen molar-refractivity contribution < 1.29 is 0 Å². The van der Waals surface area contributed by atoms with Gasteiger partial charge >= 0.3 is 0 Å². The van der Waals surface area contributed by atoms with E-state index in [1.54, 1.807) is 0 Å². The lowest BCUT2D eigenvalue weighted by molar-refractivity contribution is 0.427.